The van der Waals surface area contributed by atoms with Crippen molar-refractivity contribution in [3.05, 3.63) is 46.8 Å². The number of aromatic amines is 1. The van der Waals surface area contributed by atoms with E-state index in [1.165, 1.54) is 0 Å². The number of benzene rings is 1. The Morgan fingerprint density at radius 3 is 2.48 bits per heavy atom. The summed E-state index contributed by atoms with van der Waals surface area (Å²) < 4.78 is 5.38. The van der Waals surface area contributed by atoms with Gasteiger partial charge in [0.25, 0.3) is 0 Å². The molecule has 0 aliphatic carbocycles. The third-order valence-corrected chi connectivity index (χ3v) is 3.90. The smallest absolute Gasteiger partial charge is 0.331 e. The number of carbonyl (C=O) groups excluding carboxylic acids is 1. The van der Waals surface area contributed by atoms with Gasteiger partial charge in [-0.15, -0.1) is 0 Å². The number of nitrogens with zero attached hydrogens (tertiary/aromatic N) is 1. The lowest BCUT2D eigenvalue weighted by molar-refractivity contribution is -0.142. The molecule has 0 saturated carbocycles. The maximum atomic E-state index is 12.2. The molecule has 0 spiro atoms. The van der Waals surface area contributed by atoms with Crippen molar-refractivity contribution in [3.63, 3.8) is 0 Å². The molecular weight excluding hydrogens is 322 g/mol. The first-order valence-corrected chi connectivity index (χ1v) is 8.17. The number of carboxylic acid groups (broad SMARTS) is 1. The monoisotopic (exact) mass is 345 g/mol. The van der Waals surface area contributed by atoms with Crippen LogP contribution in [-0.2, 0) is 16.0 Å². The molecule has 1 atom stereocenters. The molecule has 0 aliphatic rings. The standard InChI is InChI=1S/C18H23N3O4/c1-4-25-14-8-5-13(6-9-14)7-10-15(22)19-17(18(23)24)16-11(2)20-21-12(16)3/h5-6,8-9,17H,4,7,10H2,1-3H3,(H,19,22)(H,20,21)(H,23,24). The minimum absolute atomic E-state index is 0.202. The van der Waals surface area contributed by atoms with Gasteiger partial charge in [-0.25, -0.2) is 4.79 Å². The van der Waals surface area contributed by atoms with Crippen molar-refractivity contribution in [2.45, 2.75) is 39.7 Å². The number of aliphatic carboxylic acids is 1. The second-order valence-corrected chi connectivity index (χ2v) is 5.76. The Balaban J connectivity index is 1.97. The summed E-state index contributed by atoms with van der Waals surface area (Å²) in [5.41, 5.74) is 2.69. The van der Waals surface area contributed by atoms with Crippen molar-refractivity contribution >= 4 is 11.9 Å². The van der Waals surface area contributed by atoms with E-state index in [0.717, 1.165) is 11.3 Å². The topological polar surface area (TPSA) is 104 Å². The molecule has 0 saturated heterocycles. The van der Waals surface area contributed by atoms with Crippen LogP contribution in [0.2, 0.25) is 0 Å². The van der Waals surface area contributed by atoms with Crippen LogP contribution < -0.4 is 10.1 Å². The Labute approximate surface area is 146 Å². The third kappa shape index (κ3) is 4.82. The Kier molecular flexibility index (Phi) is 6.16. The van der Waals surface area contributed by atoms with E-state index >= 15 is 0 Å². The van der Waals surface area contributed by atoms with Crippen LogP contribution in [0, 0.1) is 13.8 Å². The first-order chi connectivity index (χ1) is 11.9. The van der Waals surface area contributed by atoms with E-state index in [9.17, 15) is 14.7 Å². The van der Waals surface area contributed by atoms with Crippen LogP contribution in [0.5, 0.6) is 5.75 Å². The minimum Gasteiger partial charge on any atom is -0.494 e. The molecule has 2 rings (SSSR count). The summed E-state index contributed by atoms with van der Waals surface area (Å²) in [6.45, 7) is 5.96. The molecule has 1 aromatic heterocycles. The highest BCUT2D eigenvalue weighted by Crippen LogP contribution is 2.20. The number of aromatic nitrogens is 2. The molecule has 1 amide bonds. The molecule has 25 heavy (non-hydrogen) atoms. The highest BCUT2D eigenvalue weighted by Gasteiger charge is 2.27. The molecule has 7 nitrogen and oxygen atoms in total. The third-order valence-electron chi connectivity index (χ3n) is 3.90. The molecular formula is C18H23N3O4. The van der Waals surface area contributed by atoms with Gasteiger partial charge in [-0.3, -0.25) is 9.89 Å². The van der Waals surface area contributed by atoms with Crippen LogP contribution in [0.4, 0.5) is 0 Å². The molecule has 7 heteroatoms. The quantitative estimate of drug-likeness (QED) is 0.681. The fourth-order valence-electron chi connectivity index (χ4n) is 2.65. The lowest BCUT2D eigenvalue weighted by atomic mass is 10.0. The Hall–Kier alpha value is -2.83. The molecule has 1 unspecified atom stereocenters. The summed E-state index contributed by atoms with van der Waals surface area (Å²) in [5, 5.41) is 18.8. The molecule has 134 valence electrons. The van der Waals surface area contributed by atoms with Crippen molar-refractivity contribution in [1.82, 2.24) is 15.5 Å². The van der Waals surface area contributed by atoms with Gasteiger partial charge in [0, 0.05) is 17.7 Å². The summed E-state index contributed by atoms with van der Waals surface area (Å²) in [4.78, 5) is 23.7. The van der Waals surface area contributed by atoms with Crippen LogP contribution >= 0.6 is 0 Å². The zero-order valence-electron chi connectivity index (χ0n) is 14.6. The van der Waals surface area contributed by atoms with E-state index < -0.39 is 12.0 Å². The molecule has 0 aliphatic heterocycles. The summed E-state index contributed by atoms with van der Waals surface area (Å²) in [5.74, 6) is -0.643. The molecule has 0 fully saturated rings. The fourth-order valence-corrected chi connectivity index (χ4v) is 2.65. The van der Waals surface area contributed by atoms with Crippen molar-refractivity contribution in [2.75, 3.05) is 6.61 Å². The molecule has 1 heterocycles. The van der Waals surface area contributed by atoms with E-state index in [4.69, 9.17) is 4.74 Å². The largest absolute Gasteiger partial charge is 0.494 e. The SMILES string of the molecule is CCOc1ccc(CCC(=O)NC(C(=O)O)c2c(C)n[nH]c2C)cc1. The number of rotatable bonds is 8. The van der Waals surface area contributed by atoms with Crippen LogP contribution in [0.25, 0.3) is 0 Å². The van der Waals surface area contributed by atoms with Gasteiger partial charge in [0.15, 0.2) is 6.04 Å². The van der Waals surface area contributed by atoms with Gasteiger partial charge in [-0.1, -0.05) is 12.1 Å². The zero-order chi connectivity index (χ0) is 18.4. The van der Waals surface area contributed by atoms with E-state index in [0.29, 0.717) is 30.0 Å². The molecule has 0 bridgehead atoms. The van der Waals surface area contributed by atoms with E-state index in [1.54, 1.807) is 13.8 Å². The predicted molar refractivity (Wildman–Crippen MR) is 92.5 cm³/mol. The number of carboxylic acids is 1. The van der Waals surface area contributed by atoms with Crippen LogP contribution in [0.1, 0.15) is 41.9 Å². The Morgan fingerprint density at radius 1 is 1.28 bits per heavy atom. The summed E-state index contributed by atoms with van der Waals surface area (Å²) in [6.07, 6.45) is 0.724. The second-order valence-electron chi connectivity index (χ2n) is 5.76. The summed E-state index contributed by atoms with van der Waals surface area (Å²) in [7, 11) is 0. The normalized spacial score (nSPS) is 11.8. The molecule has 0 radical (unpaired) electrons. The van der Waals surface area contributed by atoms with Gasteiger partial charge >= 0.3 is 5.97 Å². The van der Waals surface area contributed by atoms with Gasteiger partial charge in [-0.2, -0.15) is 5.10 Å². The highest BCUT2D eigenvalue weighted by atomic mass is 16.5. The number of nitrogens with one attached hydrogen (secondary N) is 2. The average molecular weight is 345 g/mol. The lowest BCUT2D eigenvalue weighted by Crippen LogP contribution is -2.34. The van der Waals surface area contributed by atoms with Gasteiger partial charge in [0.1, 0.15) is 5.75 Å². The molecule has 2 aromatic rings. The number of carbonyl (C=O) groups is 2. The molecule has 1 aromatic carbocycles. The first-order valence-electron chi connectivity index (χ1n) is 8.17. The highest BCUT2D eigenvalue weighted by molar-refractivity contribution is 5.85. The van der Waals surface area contributed by atoms with Crippen molar-refractivity contribution in [1.29, 1.82) is 0 Å². The van der Waals surface area contributed by atoms with Crippen molar-refractivity contribution in [3.8, 4) is 5.75 Å². The van der Waals surface area contributed by atoms with Crippen LogP contribution in [0.15, 0.2) is 24.3 Å². The average Bonchev–Trinajstić information content (AvgIpc) is 2.91. The van der Waals surface area contributed by atoms with E-state index in [-0.39, 0.29) is 12.3 Å². The number of amides is 1. The maximum Gasteiger partial charge on any atom is 0.331 e. The van der Waals surface area contributed by atoms with Crippen molar-refractivity contribution in [2.24, 2.45) is 0 Å². The Bertz CT molecular complexity index is 718. The van der Waals surface area contributed by atoms with Gasteiger partial charge in [0.05, 0.1) is 12.3 Å². The van der Waals surface area contributed by atoms with Gasteiger partial charge in [0.2, 0.25) is 5.91 Å². The maximum absolute atomic E-state index is 12.2. The molecule has 3 N–H and O–H groups in total. The number of hydrogen-bond acceptors (Lipinski definition) is 4. The number of aryl methyl sites for hydroxylation is 3. The number of ether oxygens (including phenoxy) is 1. The van der Waals surface area contributed by atoms with Crippen LogP contribution in [0.3, 0.4) is 0 Å². The summed E-state index contributed by atoms with van der Waals surface area (Å²) >= 11 is 0. The number of hydrogen-bond donors (Lipinski definition) is 3. The van der Waals surface area contributed by atoms with E-state index in [2.05, 4.69) is 15.5 Å². The van der Waals surface area contributed by atoms with Crippen LogP contribution in [-0.4, -0.2) is 33.8 Å². The Morgan fingerprint density at radius 2 is 1.96 bits per heavy atom. The van der Waals surface area contributed by atoms with Crippen molar-refractivity contribution < 1.29 is 19.4 Å². The van der Waals surface area contributed by atoms with E-state index in [1.807, 2.05) is 31.2 Å². The van der Waals surface area contributed by atoms with Gasteiger partial charge in [-0.05, 0) is 44.9 Å². The lowest BCUT2D eigenvalue weighted by Gasteiger charge is -2.15. The fraction of sp³-hybridized carbons (Fsp3) is 0.389. The van der Waals surface area contributed by atoms with Gasteiger partial charge < -0.3 is 15.2 Å². The minimum atomic E-state index is -1.11. The zero-order valence-corrected chi connectivity index (χ0v) is 14.6. The predicted octanol–water partition coefficient (Wildman–Crippen LogP) is 2.30. The number of H-pyrrole nitrogens is 1. The first kappa shape index (κ1) is 18.5. The summed E-state index contributed by atoms with van der Waals surface area (Å²) in [6, 6.07) is 6.41. The second kappa shape index (κ2) is 8.32.